The van der Waals surface area contributed by atoms with E-state index >= 15 is 0 Å². The number of nitrogen functional groups attached to an aromatic ring is 1. The summed E-state index contributed by atoms with van der Waals surface area (Å²) in [5, 5.41) is 0. The molecule has 1 atom stereocenters. The molecule has 1 aromatic carbocycles. The van der Waals surface area contributed by atoms with Crippen molar-refractivity contribution in [1.82, 2.24) is 14.3 Å². The fourth-order valence-electron chi connectivity index (χ4n) is 2.14. The molecule has 0 aliphatic heterocycles. The van der Waals surface area contributed by atoms with Gasteiger partial charge in [-0.2, -0.15) is 0 Å². The zero-order valence-electron chi connectivity index (χ0n) is 12.2. The molecule has 6 nitrogen and oxygen atoms in total. The molecule has 0 spiro atoms. The molecule has 0 fully saturated rings. The normalized spacial score (nSPS) is 13.2. The van der Waals surface area contributed by atoms with Crippen molar-refractivity contribution in [1.29, 1.82) is 0 Å². The Kier molecular flexibility index (Phi) is 4.64. The van der Waals surface area contributed by atoms with Gasteiger partial charge in [-0.05, 0) is 31.0 Å². The zero-order valence-corrected chi connectivity index (χ0v) is 13.0. The molecule has 0 amide bonds. The lowest BCUT2D eigenvalue weighted by molar-refractivity contribution is 0.520. The summed E-state index contributed by atoms with van der Waals surface area (Å²) in [4.78, 5) is 4.12. The van der Waals surface area contributed by atoms with Gasteiger partial charge in [0.05, 0.1) is 11.2 Å². The van der Waals surface area contributed by atoms with E-state index in [1.165, 1.54) is 6.07 Å². The van der Waals surface area contributed by atoms with E-state index < -0.39 is 10.0 Å². The van der Waals surface area contributed by atoms with E-state index in [1.807, 2.05) is 11.5 Å². The number of sulfonamides is 1. The second kappa shape index (κ2) is 6.28. The molecule has 7 heteroatoms. The number of aryl methyl sites for hydroxylation is 1. The van der Waals surface area contributed by atoms with Gasteiger partial charge < -0.3 is 10.3 Å². The maximum Gasteiger partial charge on any atom is 0.240 e. The highest BCUT2D eigenvalue weighted by Crippen LogP contribution is 2.18. The molecule has 0 saturated carbocycles. The van der Waals surface area contributed by atoms with E-state index in [1.54, 1.807) is 37.8 Å². The lowest BCUT2D eigenvalue weighted by Gasteiger charge is -2.15. The monoisotopic (exact) mass is 308 g/mol. The molecule has 21 heavy (non-hydrogen) atoms. The van der Waals surface area contributed by atoms with Crippen LogP contribution in [0.4, 0.5) is 5.69 Å². The third-order valence-corrected chi connectivity index (χ3v) is 4.80. The molecule has 2 aromatic rings. The van der Waals surface area contributed by atoms with Gasteiger partial charge in [-0.25, -0.2) is 18.1 Å². The summed E-state index contributed by atoms with van der Waals surface area (Å²) < 4.78 is 29.1. The number of benzene rings is 1. The highest BCUT2D eigenvalue weighted by Gasteiger charge is 2.18. The van der Waals surface area contributed by atoms with Crippen LogP contribution in [0.5, 0.6) is 0 Å². The second-order valence-corrected chi connectivity index (χ2v) is 6.71. The summed E-state index contributed by atoms with van der Waals surface area (Å²) in [5.41, 5.74) is 7.31. The van der Waals surface area contributed by atoms with Crippen LogP contribution in [0.3, 0.4) is 0 Å². The van der Waals surface area contributed by atoms with Crippen LogP contribution in [0.1, 0.15) is 19.4 Å². The first kappa shape index (κ1) is 15.5. The van der Waals surface area contributed by atoms with E-state index in [9.17, 15) is 8.42 Å². The van der Waals surface area contributed by atoms with Gasteiger partial charge in [-0.15, -0.1) is 0 Å². The van der Waals surface area contributed by atoms with Gasteiger partial charge in [-0.3, -0.25) is 0 Å². The van der Waals surface area contributed by atoms with Gasteiger partial charge >= 0.3 is 0 Å². The number of aromatic nitrogens is 2. The lowest BCUT2D eigenvalue weighted by Crippen LogP contribution is -2.35. The molecule has 0 aliphatic rings. The Labute approximate surface area is 125 Å². The first-order valence-electron chi connectivity index (χ1n) is 6.79. The molecule has 1 aromatic heterocycles. The minimum absolute atomic E-state index is 0.190. The van der Waals surface area contributed by atoms with Gasteiger partial charge in [-0.1, -0.05) is 13.0 Å². The van der Waals surface area contributed by atoms with Crippen molar-refractivity contribution in [3.63, 3.8) is 0 Å². The minimum atomic E-state index is -3.57. The van der Waals surface area contributed by atoms with E-state index in [0.29, 0.717) is 12.2 Å². The Bertz CT molecular complexity index is 696. The Balaban J connectivity index is 2.12. The molecule has 114 valence electrons. The number of nitrogens with one attached hydrogen (secondary N) is 1. The van der Waals surface area contributed by atoms with Crippen LogP contribution in [0.15, 0.2) is 41.8 Å². The second-order valence-electron chi connectivity index (χ2n) is 5.00. The Morgan fingerprint density at radius 3 is 2.76 bits per heavy atom. The average molecular weight is 308 g/mol. The maximum atomic E-state index is 12.3. The molecular weight excluding hydrogens is 288 g/mol. The van der Waals surface area contributed by atoms with Crippen molar-refractivity contribution in [2.75, 3.05) is 5.73 Å². The van der Waals surface area contributed by atoms with Crippen LogP contribution in [0.2, 0.25) is 0 Å². The summed E-state index contributed by atoms with van der Waals surface area (Å²) in [5.74, 6) is 0. The van der Waals surface area contributed by atoms with Crippen molar-refractivity contribution in [3.05, 3.63) is 42.5 Å². The maximum absolute atomic E-state index is 12.3. The van der Waals surface area contributed by atoms with Crippen LogP contribution in [-0.2, 0) is 23.0 Å². The van der Waals surface area contributed by atoms with Crippen molar-refractivity contribution in [2.45, 2.75) is 37.8 Å². The van der Waals surface area contributed by atoms with Crippen LogP contribution in [0, 0.1) is 0 Å². The number of anilines is 1. The number of rotatable bonds is 6. The molecule has 1 heterocycles. The summed E-state index contributed by atoms with van der Waals surface area (Å²) >= 11 is 0. The summed E-state index contributed by atoms with van der Waals surface area (Å²) in [6, 6.07) is 4.59. The Morgan fingerprint density at radius 2 is 2.19 bits per heavy atom. The number of nitrogens with two attached hydrogens (primary N) is 1. The summed E-state index contributed by atoms with van der Waals surface area (Å²) in [6.07, 6.45) is 5.87. The topological polar surface area (TPSA) is 90.0 Å². The molecule has 0 saturated heterocycles. The SMILES string of the molecule is CCc1ccc(S(=O)(=O)NC(C)Cn2ccnc2)cc1N. The predicted octanol–water partition coefficient (Wildman–Crippen LogP) is 1.39. The van der Waals surface area contributed by atoms with E-state index in [4.69, 9.17) is 5.73 Å². The summed E-state index contributed by atoms with van der Waals surface area (Å²) in [6.45, 7) is 4.30. The predicted molar refractivity (Wildman–Crippen MR) is 82.2 cm³/mol. The van der Waals surface area contributed by atoms with Crippen molar-refractivity contribution < 1.29 is 8.42 Å². The van der Waals surface area contributed by atoms with Gasteiger partial charge in [0.25, 0.3) is 0 Å². The molecule has 3 N–H and O–H groups in total. The van der Waals surface area contributed by atoms with E-state index in [-0.39, 0.29) is 10.9 Å². The molecular formula is C14H20N4O2S. The Morgan fingerprint density at radius 1 is 1.43 bits per heavy atom. The first-order chi connectivity index (χ1) is 9.92. The fourth-order valence-corrected chi connectivity index (χ4v) is 3.41. The summed E-state index contributed by atoms with van der Waals surface area (Å²) in [7, 11) is -3.57. The van der Waals surface area contributed by atoms with Gasteiger partial charge in [0.15, 0.2) is 0 Å². The third-order valence-electron chi connectivity index (χ3n) is 3.21. The molecule has 0 bridgehead atoms. The molecule has 1 unspecified atom stereocenters. The van der Waals surface area contributed by atoms with E-state index in [0.717, 1.165) is 12.0 Å². The number of hydrogen-bond donors (Lipinski definition) is 2. The van der Waals surface area contributed by atoms with Gasteiger partial charge in [0, 0.05) is 30.7 Å². The fraction of sp³-hybridized carbons (Fsp3) is 0.357. The largest absolute Gasteiger partial charge is 0.398 e. The number of imidazole rings is 1. The van der Waals surface area contributed by atoms with E-state index in [2.05, 4.69) is 9.71 Å². The number of nitrogens with zero attached hydrogens (tertiary/aromatic N) is 2. The van der Waals surface area contributed by atoms with Gasteiger partial charge in [0.1, 0.15) is 0 Å². The highest BCUT2D eigenvalue weighted by atomic mass is 32.2. The Hall–Kier alpha value is -1.86. The molecule has 0 aliphatic carbocycles. The van der Waals surface area contributed by atoms with Crippen LogP contribution >= 0.6 is 0 Å². The van der Waals surface area contributed by atoms with Crippen molar-refractivity contribution in [3.8, 4) is 0 Å². The molecule has 2 rings (SSSR count). The van der Waals surface area contributed by atoms with Crippen LogP contribution < -0.4 is 10.5 Å². The highest BCUT2D eigenvalue weighted by molar-refractivity contribution is 7.89. The van der Waals surface area contributed by atoms with Crippen LogP contribution in [-0.4, -0.2) is 24.0 Å². The third kappa shape index (κ3) is 3.83. The smallest absolute Gasteiger partial charge is 0.240 e. The molecule has 0 radical (unpaired) electrons. The quantitative estimate of drug-likeness (QED) is 0.789. The van der Waals surface area contributed by atoms with Crippen molar-refractivity contribution >= 4 is 15.7 Å². The van der Waals surface area contributed by atoms with Gasteiger partial charge in [0.2, 0.25) is 10.0 Å². The van der Waals surface area contributed by atoms with Crippen LogP contribution in [0.25, 0.3) is 0 Å². The average Bonchev–Trinajstić information content (AvgIpc) is 2.90. The lowest BCUT2D eigenvalue weighted by atomic mass is 10.1. The zero-order chi connectivity index (χ0) is 15.5. The van der Waals surface area contributed by atoms with Crippen molar-refractivity contribution in [2.24, 2.45) is 0 Å². The minimum Gasteiger partial charge on any atom is -0.398 e. The standard InChI is InChI=1S/C14H20N4O2S/c1-3-12-4-5-13(8-14(12)15)21(19,20)17-11(2)9-18-7-6-16-10-18/h4-8,10-11,17H,3,9,15H2,1-2H3. The number of hydrogen-bond acceptors (Lipinski definition) is 4. The first-order valence-corrected chi connectivity index (χ1v) is 8.27.